The molecule has 0 saturated carbocycles. The molecule has 3 rings (SSSR count). The van der Waals surface area contributed by atoms with Crippen LogP contribution in [0.25, 0.3) is 0 Å². The van der Waals surface area contributed by atoms with E-state index in [-0.39, 0.29) is 12.5 Å². The Kier molecular flexibility index (Phi) is 7.73. The molecule has 0 aliphatic heterocycles. The third kappa shape index (κ3) is 5.89. The molecular formula is C24H24ClN2O4. The van der Waals surface area contributed by atoms with Crippen LogP contribution in [0.3, 0.4) is 0 Å². The number of aromatic nitrogens is 1. The first-order chi connectivity index (χ1) is 15.0. The predicted molar refractivity (Wildman–Crippen MR) is 121 cm³/mol. The fraction of sp³-hybridized carbons (Fsp3) is 0.208. The highest BCUT2D eigenvalue weighted by Gasteiger charge is 2.20. The summed E-state index contributed by atoms with van der Waals surface area (Å²) in [4.78, 5) is 18.5. The molecule has 2 aromatic carbocycles. The van der Waals surface area contributed by atoms with Crippen molar-refractivity contribution in [2.75, 3.05) is 18.6 Å². The van der Waals surface area contributed by atoms with E-state index in [1.807, 2.05) is 18.2 Å². The van der Waals surface area contributed by atoms with E-state index < -0.39 is 0 Å². The van der Waals surface area contributed by atoms with E-state index >= 15 is 0 Å². The molecule has 31 heavy (non-hydrogen) atoms. The Labute approximate surface area is 187 Å². The highest BCUT2D eigenvalue weighted by atomic mass is 35.5. The van der Waals surface area contributed by atoms with Gasteiger partial charge >= 0.3 is 0 Å². The van der Waals surface area contributed by atoms with Gasteiger partial charge in [-0.05, 0) is 67.9 Å². The Hall–Kier alpha value is -3.25. The van der Waals surface area contributed by atoms with Crippen molar-refractivity contribution >= 4 is 23.2 Å². The number of nitrogens with zero attached hydrogens (tertiary/aromatic N) is 2. The van der Waals surface area contributed by atoms with Crippen molar-refractivity contribution in [2.45, 2.75) is 19.9 Å². The molecule has 0 N–H and O–H groups in total. The highest BCUT2D eigenvalue weighted by Crippen LogP contribution is 2.34. The van der Waals surface area contributed by atoms with Gasteiger partial charge in [0, 0.05) is 23.7 Å². The lowest BCUT2D eigenvalue weighted by Crippen LogP contribution is -2.28. The molecule has 0 spiro atoms. The molecule has 0 atom stereocenters. The normalized spacial score (nSPS) is 10.5. The van der Waals surface area contributed by atoms with Gasteiger partial charge in [0.05, 0.1) is 20.3 Å². The fourth-order valence-electron chi connectivity index (χ4n) is 2.95. The Balaban J connectivity index is 1.95. The number of methoxy groups -OCH3 is 1. The summed E-state index contributed by atoms with van der Waals surface area (Å²) in [6.45, 7) is 6.03. The summed E-state index contributed by atoms with van der Waals surface area (Å²) in [7, 11) is 1.59. The van der Waals surface area contributed by atoms with E-state index in [1.54, 1.807) is 54.6 Å². The third-order valence-corrected chi connectivity index (χ3v) is 4.70. The smallest absolute Gasteiger partial charge is 0.243 e. The van der Waals surface area contributed by atoms with Gasteiger partial charge in [-0.25, -0.2) is 4.98 Å². The molecule has 1 aromatic heterocycles. The Morgan fingerprint density at radius 3 is 2.55 bits per heavy atom. The summed E-state index contributed by atoms with van der Waals surface area (Å²) >= 11 is 5.95. The SMILES string of the molecule is [CH2]CCOc1ccc(OC)cc1CN(C(C)=O)c1cccnc1Oc1ccc(Cl)cc1. The first-order valence-corrected chi connectivity index (χ1v) is 10.1. The second-order valence-corrected chi connectivity index (χ2v) is 7.10. The summed E-state index contributed by atoms with van der Waals surface area (Å²) in [5.41, 5.74) is 1.33. The maximum Gasteiger partial charge on any atom is 0.243 e. The van der Waals surface area contributed by atoms with Gasteiger partial charge in [-0.2, -0.15) is 0 Å². The van der Waals surface area contributed by atoms with Crippen molar-refractivity contribution < 1.29 is 19.0 Å². The number of amides is 1. The maximum atomic E-state index is 12.6. The lowest BCUT2D eigenvalue weighted by molar-refractivity contribution is -0.116. The van der Waals surface area contributed by atoms with Crippen LogP contribution in [-0.4, -0.2) is 24.6 Å². The van der Waals surface area contributed by atoms with E-state index in [9.17, 15) is 4.79 Å². The van der Waals surface area contributed by atoms with Crippen LogP contribution in [0.4, 0.5) is 5.69 Å². The second kappa shape index (κ2) is 10.7. The number of ether oxygens (including phenoxy) is 3. The lowest BCUT2D eigenvalue weighted by Gasteiger charge is -2.24. The molecular weight excluding hydrogens is 416 g/mol. The number of rotatable bonds is 9. The number of benzene rings is 2. The van der Waals surface area contributed by atoms with E-state index in [2.05, 4.69) is 11.9 Å². The Bertz CT molecular complexity index is 1020. The van der Waals surface area contributed by atoms with Gasteiger partial charge < -0.3 is 19.1 Å². The van der Waals surface area contributed by atoms with Crippen LogP contribution in [0, 0.1) is 6.92 Å². The van der Waals surface area contributed by atoms with Gasteiger partial charge in [-0.15, -0.1) is 0 Å². The van der Waals surface area contributed by atoms with Crippen molar-refractivity contribution in [2.24, 2.45) is 0 Å². The summed E-state index contributed by atoms with van der Waals surface area (Å²) in [6.07, 6.45) is 2.24. The van der Waals surface area contributed by atoms with E-state index in [1.165, 1.54) is 6.92 Å². The van der Waals surface area contributed by atoms with E-state index in [0.29, 0.717) is 46.9 Å². The first kappa shape index (κ1) is 22.4. The van der Waals surface area contributed by atoms with Crippen molar-refractivity contribution in [1.82, 2.24) is 4.98 Å². The van der Waals surface area contributed by atoms with Gasteiger partial charge in [-0.3, -0.25) is 4.79 Å². The molecule has 0 saturated heterocycles. The molecule has 1 radical (unpaired) electrons. The summed E-state index contributed by atoms with van der Waals surface area (Å²) < 4.78 is 17.1. The predicted octanol–water partition coefficient (Wildman–Crippen LogP) is 5.69. The van der Waals surface area contributed by atoms with Crippen molar-refractivity contribution in [3.8, 4) is 23.1 Å². The standard InChI is InChI=1S/C24H24ClN2O4/c1-4-14-30-23-12-11-21(29-3)15-18(23)16-27(17(2)28)22-6-5-13-26-24(22)31-20-9-7-19(25)8-10-20/h5-13,15H,1,4,14,16H2,2-3H3. The number of anilines is 1. The molecule has 1 heterocycles. The molecule has 161 valence electrons. The zero-order valence-corrected chi connectivity index (χ0v) is 18.3. The highest BCUT2D eigenvalue weighted by molar-refractivity contribution is 6.30. The van der Waals surface area contributed by atoms with Crippen molar-refractivity contribution in [3.63, 3.8) is 0 Å². The number of hydrogen-bond donors (Lipinski definition) is 0. The number of pyridine rings is 1. The second-order valence-electron chi connectivity index (χ2n) is 6.66. The zero-order valence-electron chi connectivity index (χ0n) is 17.5. The monoisotopic (exact) mass is 439 g/mol. The zero-order chi connectivity index (χ0) is 22.2. The Morgan fingerprint density at radius 1 is 1.13 bits per heavy atom. The molecule has 0 unspecified atom stereocenters. The van der Waals surface area contributed by atoms with Crippen LogP contribution < -0.4 is 19.1 Å². The van der Waals surface area contributed by atoms with Crippen LogP contribution >= 0.6 is 11.6 Å². The van der Waals surface area contributed by atoms with E-state index in [0.717, 1.165) is 5.56 Å². The summed E-state index contributed by atoms with van der Waals surface area (Å²) in [5.74, 6) is 2.04. The molecule has 3 aromatic rings. The molecule has 1 amide bonds. The average Bonchev–Trinajstić information content (AvgIpc) is 2.78. The number of carbonyl (C=O) groups excluding carboxylic acids is 1. The van der Waals surface area contributed by atoms with Gasteiger partial charge in [0.25, 0.3) is 0 Å². The maximum absolute atomic E-state index is 12.6. The molecule has 0 fully saturated rings. The Morgan fingerprint density at radius 2 is 1.87 bits per heavy atom. The number of carbonyl (C=O) groups is 1. The largest absolute Gasteiger partial charge is 0.497 e. The van der Waals surface area contributed by atoms with Crippen LogP contribution in [0.2, 0.25) is 5.02 Å². The van der Waals surface area contributed by atoms with Crippen molar-refractivity contribution in [3.05, 3.63) is 78.3 Å². The molecule has 7 heteroatoms. The van der Waals surface area contributed by atoms with Crippen molar-refractivity contribution in [1.29, 1.82) is 0 Å². The minimum Gasteiger partial charge on any atom is -0.497 e. The van der Waals surface area contributed by atoms with Gasteiger partial charge in [0.2, 0.25) is 11.8 Å². The van der Waals surface area contributed by atoms with Crippen LogP contribution in [0.5, 0.6) is 23.1 Å². The molecule has 0 aliphatic carbocycles. The minimum absolute atomic E-state index is 0.167. The molecule has 0 bridgehead atoms. The summed E-state index contributed by atoms with van der Waals surface area (Å²) in [6, 6.07) is 16.0. The van der Waals surface area contributed by atoms with E-state index in [4.69, 9.17) is 25.8 Å². The van der Waals surface area contributed by atoms with Gasteiger partial charge in [-0.1, -0.05) is 11.6 Å². The number of hydrogen-bond acceptors (Lipinski definition) is 5. The first-order valence-electron chi connectivity index (χ1n) is 9.77. The molecule has 6 nitrogen and oxygen atoms in total. The lowest BCUT2D eigenvalue weighted by atomic mass is 10.1. The fourth-order valence-corrected chi connectivity index (χ4v) is 3.07. The van der Waals surface area contributed by atoms with Gasteiger partial charge in [0.1, 0.15) is 22.9 Å². The van der Waals surface area contributed by atoms with Gasteiger partial charge in [0.15, 0.2) is 0 Å². The molecule has 0 aliphatic rings. The van der Waals surface area contributed by atoms with Crippen LogP contribution in [-0.2, 0) is 11.3 Å². The van der Waals surface area contributed by atoms with Crippen LogP contribution in [0.15, 0.2) is 60.8 Å². The average molecular weight is 440 g/mol. The number of halogens is 1. The quantitative estimate of drug-likeness (QED) is 0.428. The minimum atomic E-state index is -0.167. The topological polar surface area (TPSA) is 60.9 Å². The third-order valence-electron chi connectivity index (χ3n) is 4.45. The summed E-state index contributed by atoms with van der Waals surface area (Å²) in [5, 5.41) is 0.604. The van der Waals surface area contributed by atoms with Crippen LogP contribution in [0.1, 0.15) is 18.9 Å².